The average Bonchev–Trinajstić information content (AvgIpc) is 2.36. The molecule has 4 heteroatoms. The summed E-state index contributed by atoms with van der Waals surface area (Å²) < 4.78 is 0. The second-order valence-corrected chi connectivity index (χ2v) is 4.80. The summed E-state index contributed by atoms with van der Waals surface area (Å²) in [7, 11) is 0. The van der Waals surface area contributed by atoms with Crippen LogP contribution < -0.4 is 16.0 Å². The van der Waals surface area contributed by atoms with E-state index in [2.05, 4.69) is 35.3 Å². The lowest BCUT2D eigenvalue weighted by atomic mass is 9.99. The van der Waals surface area contributed by atoms with Crippen molar-refractivity contribution < 1.29 is 4.79 Å². The minimum absolute atomic E-state index is 0.0499. The quantitative estimate of drug-likeness (QED) is 0.828. The van der Waals surface area contributed by atoms with Gasteiger partial charge in [0.15, 0.2) is 0 Å². The van der Waals surface area contributed by atoms with Gasteiger partial charge in [0.2, 0.25) is 5.91 Å². The number of fused-ring (bicyclic) bond motifs is 1. The maximum absolute atomic E-state index is 11.7. The third-order valence-electron chi connectivity index (χ3n) is 3.25. The van der Waals surface area contributed by atoms with E-state index in [0.29, 0.717) is 19.6 Å². The minimum atomic E-state index is 0.0499. The molecule has 0 aromatic heterocycles. The van der Waals surface area contributed by atoms with Gasteiger partial charge in [-0.2, -0.15) is 0 Å². The van der Waals surface area contributed by atoms with E-state index in [1.807, 2.05) is 0 Å². The van der Waals surface area contributed by atoms with Crippen LogP contribution in [0.25, 0.3) is 0 Å². The molecule has 0 atom stereocenters. The molecule has 0 radical (unpaired) electrons. The summed E-state index contributed by atoms with van der Waals surface area (Å²) in [5, 5.41) is 2.82. The van der Waals surface area contributed by atoms with E-state index in [0.717, 1.165) is 19.4 Å². The highest BCUT2D eigenvalue weighted by Crippen LogP contribution is 2.27. The van der Waals surface area contributed by atoms with Crippen molar-refractivity contribution in [2.24, 2.45) is 5.73 Å². The van der Waals surface area contributed by atoms with Crippen LogP contribution in [0, 0.1) is 6.92 Å². The summed E-state index contributed by atoms with van der Waals surface area (Å²) in [6, 6.07) is 6.45. The molecule has 0 unspecified atom stereocenters. The Kier molecular flexibility index (Phi) is 4.20. The fraction of sp³-hybridized carbons (Fsp3) is 0.500. The zero-order valence-electron chi connectivity index (χ0n) is 10.9. The number of aryl methyl sites for hydroxylation is 2. The molecule has 1 amide bonds. The Morgan fingerprint density at radius 1 is 1.50 bits per heavy atom. The maximum atomic E-state index is 11.7. The van der Waals surface area contributed by atoms with Gasteiger partial charge in [0.05, 0.1) is 6.54 Å². The lowest BCUT2D eigenvalue weighted by molar-refractivity contribution is -0.119. The molecule has 0 aliphatic carbocycles. The van der Waals surface area contributed by atoms with Crippen LogP contribution in [-0.2, 0) is 11.2 Å². The molecule has 1 aliphatic rings. The van der Waals surface area contributed by atoms with E-state index in [-0.39, 0.29) is 5.91 Å². The SMILES string of the molecule is Cc1ccc2c(c1)CCCN2CC(=O)NCCN. The molecule has 0 spiro atoms. The first-order valence-electron chi connectivity index (χ1n) is 6.52. The van der Waals surface area contributed by atoms with E-state index in [9.17, 15) is 4.79 Å². The monoisotopic (exact) mass is 247 g/mol. The molecular weight excluding hydrogens is 226 g/mol. The topological polar surface area (TPSA) is 58.4 Å². The largest absolute Gasteiger partial charge is 0.362 e. The van der Waals surface area contributed by atoms with E-state index in [4.69, 9.17) is 5.73 Å². The first-order valence-corrected chi connectivity index (χ1v) is 6.52. The van der Waals surface area contributed by atoms with Gasteiger partial charge in [-0.05, 0) is 31.4 Å². The number of hydrogen-bond donors (Lipinski definition) is 2. The van der Waals surface area contributed by atoms with Gasteiger partial charge in [-0.3, -0.25) is 4.79 Å². The number of nitrogens with zero attached hydrogens (tertiary/aromatic N) is 1. The van der Waals surface area contributed by atoms with Crippen LogP contribution in [-0.4, -0.2) is 32.1 Å². The van der Waals surface area contributed by atoms with E-state index < -0.39 is 0 Å². The zero-order chi connectivity index (χ0) is 13.0. The normalized spacial score (nSPS) is 14.2. The number of rotatable bonds is 4. The van der Waals surface area contributed by atoms with Crippen molar-refractivity contribution in [3.05, 3.63) is 29.3 Å². The van der Waals surface area contributed by atoms with Crippen LogP contribution in [0.1, 0.15) is 17.5 Å². The summed E-state index contributed by atoms with van der Waals surface area (Å²) in [5.74, 6) is 0.0499. The van der Waals surface area contributed by atoms with E-state index in [1.165, 1.54) is 16.8 Å². The number of hydrogen-bond acceptors (Lipinski definition) is 3. The Hall–Kier alpha value is -1.55. The lowest BCUT2D eigenvalue weighted by Crippen LogP contribution is -2.41. The Labute approximate surface area is 108 Å². The van der Waals surface area contributed by atoms with Gasteiger partial charge >= 0.3 is 0 Å². The summed E-state index contributed by atoms with van der Waals surface area (Å²) >= 11 is 0. The first kappa shape index (κ1) is 12.9. The highest BCUT2D eigenvalue weighted by molar-refractivity contribution is 5.81. The van der Waals surface area contributed by atoms with Crippen molar-refractivity contribution in [1.82, 2.24) is 5.32 Å². The first-order chi connectivity index (χ1) is 8.70. The van der Waals surface area contributed by atoms with Crippen molar-refractivity contribution in [3.63, 3.8) is 0 Å². The van der Waals surface area contributed by atoms with Crippen molar-refractivity contribution in [3.8, 4) is 0 Å². The molecule has 0 saturated carbocycles. The second kappa shape index (κ2) is 5.87. The fourth-order valence-electron chi connectivity index (χ4n) is 2.41. The van der Waals surface area contributed by atoms with Gasteiger partial charge < -0.3 is 16.0 Å². The summed E-state index contributed by atoms with van der Waals surface area (Å²) in [6.45, 7) is 4.52. The third kappa shape index (κ3) is 3.01. The Balaban J connectivity index is 2.06. The Bertz CT molecular complexity index is 431. The molecule has 2 rings (SSSR count). The number of anilines is 1. The number of carbonyl (C=O) groups is 1. The number of carbonyl (C=O) groups excluding carboxylic acids is 1. The third-order valence-corrected chi connectivity index (χ3v) is 3.25. The van der Waals surface area contributed by atoms with Crippen LogP contribution in [0.2, 0.25) is 0 Å². The molecule has 0 fully saturated rings. The van der Waals surface area contributed by atoms with Crippen molar-refractivity contribution in [2.75, 3.05) is 31.1 Å². The Morgan fingerprint density at radius 3 is 3.11 bits per heavy atom. The molecule has 4 nitrogen and oxygen atoms in total. The molecule has 3 N–H and O–H groups in total. The zero-order valence-corrected chi connectivity index (χ0v) is 10.9. The number of benzene rings is 1. The number of nitrogens with two attached hydrogens (primary N) is 1. The molecule has 98 valence electrons. The highest BCUT2D eigenvalue weighted by Gasteiger charge is 2.18. The number of amides is 1. The molecule has 1 aromatic rings. The van der Waals surface area contributed by atoms with E-state index >= 15 is 0 Å². The fourth-order valence-corrected chi connectivity index (χ4v) is 2.41. The lowest BCUT2D eigenvalue weighted by Gasteiger charge is -2.31. The minimum Gasteiger partial charge on any atom is -0.362 e. The van der Waals surface area contributed by atoms with Gasteiger partial charge in [-0.15, -0.1) is 0 Å². The molecule has 18 heavy (non-hydrogen) atoms. The second-order valence-electron chi connectivity index (χ2n) is 4.80. The van der Waals surface area contributed by atoms with Gasteiger partial charge in [0.25, 0.3) is 0 Å². The maximum Gasteiger partial charge on any atom is 0.239 e. The molecule has 0 saturated heterocycles. The molecular formula is C14H21N3O. The molecule has 1 heterocycles. The molecule has 1 aliphatic heterocycles. The van der Waals surface area contributed by atoms with Crippen LogP contribution in [0.5, 0.6) is 0 Å². The van der Waals surface area contributed by atoms with Crippen molar-refractivity contribution in [1.29, 1.82) is 0 Å². The molecule has 1 aromatic carbocycles. The van der Waals surface area contributed by atoms with Crippen LogP contribution >= 0.6 is 0 Å². The van der Waals surface area contributed by atoms with Crippen molar-refractivity contribution in [2.45, 2.75) is 19.8 Å². The summed E-state index contributed by atoms with van der Waals surface area (Å²) in [4.78, 5) is 13.9. The molecule has 0 bridgehead atoms. The van der Waals surface area contributed by atoms with Crippen LogP contribution in [0.3, 0.4) is 0 Å². The summed E-state index contributed by atoms with van der Waals surface area (Å²) in [5.41, 5.74) is 9.21. The van der Waals surface area contributed by atoms with Crippen molar-refractivity contribution >= 4 is 11.6 Å². The average molecular weight is 247 g/mol. The predicted octanol–water partition coefficient (Wildman–Crippen LogP) is 0.823. The highest BCUT2D eigenvalue weighted by atomic mass is 16.2. The van der Waals surface area contributed by atoms with Crippen LogP contribution in [0.4, 0.5) is 5.69 Å². The van der Waals surface area contributed by atoms with Gasteiger partial charge in [-0.1, -0.05) is 17.7 Å². The van der Waals surface area contributed by atoms with E-state index in [1.54, 1.807) is 0 Å². The summed E-state index contributed by atoms with van der Waals surface area (Å²) in [6.07, 6.45) is 2.22. The smallest absolute Gasteiger partial charge is 0.239 e. The van der Waals surface area contributed by atoms with Gasteiger partial charge in [0.1, 0.15) is 0 Å². The standard InChI is InChI=1S/C14H21N3O/c1-11-4-5-13-12(9-11)3-2-8-17(13)10-14(18)16-7-6-15/h4-5,9H,2-3,6-8,10,15H2,1H3,(H,16,18). The predicted molar refractivity (Wildman–Crippen MR) is 73.8 cm³/mol. The van der Waals surface area contributed by atoms with Crippen LogP contribution in [0.15, 0.2) is 18.2 Å². The van der Waals surface area contributed by atoms with Gasteiger partial charge in [0, 0.05) is 25.3 Å². The number of nitrogens with one attached hydrogen (secondary N) is 1. The Morgan fingerprint density at radius 2 is 2.33 bits per heavy atom. The van der Waals surface area contributed by atoms with Gasteiger partial charge in [-0.25, -0.2) is 0 Å².